The van der Waals surface area contributed by atoms with Crippen LogP contribution in [0.15, 0.2) is 66.8 Å². The van der Waals surface area contributed by atoms with E-state index in [0.29, 0.717) is 25.4 Å². The van der Waals surface area contributed by atoms with Gasteiger partial charge in [-0.15, -0.1) is 10.2 Å². The molecule has 4 rings (SSSR count). The Labute approximate surface area is 164 Å². The number of nitrogens with zero attached hydrogens (tertiary/aromatic N) is 3. The van der Waals surface area contributed by atoms with Gasteiger partial charge in [-0.3, -0.25) is 4.79 Å². The first-order chi connectivity index (χ1) is 13.8. The maximum absolute atomic E-state index is 10.8. The number of aryl methyl sites for hydroxylation is 1. The van der Waals surface area contributed by atoms with Crippen LogP contribution in [0.1, 0.15) is 30.1 Å². The van der Waals surface area contributed by atoms with Crippen LogP contribution in [-0.4, -0.2) is 21.2 Å². The highest BCUT2D eigenvalue weighted by molar-refractivity contribution is 5.85. The summed E-state index contributed by atoms with van der Waals surface area (Å²) in [7, 11) is 0. The lowest BCUT2D eigenvalue weighted by Crippen LogP contribution is -2.17. The van der Waals surface area contributed by atoms with Crippen LogP contribution in [0, 0.1) is 5.92 Å². The van der Waals surface area contributed by atoms with E-state index >= 15 is 0 Å². The van der Waals surface area contributed by atoms with Gasteiger partial charge in [0.25, 0.3) is 0 Å². The predicted octanol–water partition coefficient (Wildman–Crippen LogP) is 3.79. The van der Waals surface area contributed by atoms with Gasteiger partial charge in [-0.2, -0.15) is 0 Å². The standard InChI is InChI=1S/C23H24N4O/c28-17-24-15-23-26-25-22(14-13-18-7-2-1-3-8-18)27(23)16-20-11-6-10-19-9-4-5-12-21(19)20/h1-7,9-12,17-18H,8,13-16H2,(H,24,28). The molecule has 0 fully saturated rings. The summed E-state index contributed by atoms with van der Waals surface area (Å²) in [6, 6.07) is 14.8. The molecule has 3 aromatic rings. The van der Waals surface area contributed by atoms with Gasteiger partial charge in [0.15, 0.2) is 5.82 Å². The van der Waals surface area contributed by atoms with Gasteiger partial charge in [0.1, 0.15) is 5.82 Å². The van der Waals surface area contributed by atoms with Gasteiger partial charge >= 0.3 is 0 Å². The van der Waals surface area contributed by atoms with E-state index in [-0.39, 0.29) is 0 Å². The zero-order chi connectivity index (χ0) is 19.2. The zero-order valence-electron chi connectivity index (χ0n) is 15.8. The van der Waals surface area contributed by atoms with Crippen molar-refractivity contribution >= 4 is 17.2 Å². The summed E-state index contributed by atoms with van der Waals surface area (Å²) in [5.74, 6) is 2.30. The molecule has 1 N–H and O–H groups in total. The van der Waals surface area contributed by atoms with Crippen molar-refractivity contribution in [3.8, 4) is 0 Å². The van der Waals surface area contributed by atoms with Crippen LogP contribution in [-0.2, 0) is 24.3 Å². The third-order valence-electron chi connectivity index (χ3n) is 5.26. The zero-order valence-corrected chi connectivity index (χ0v) is 15.8. The van der Waals surface area contributed by atoms with Gasteiger partial charge in [-0.1, -0.05) is 66.8 Å². The highest BCUT2D eigenvalue weighted by Gasteiger charge is 2.15. The summed E-state index contributed by atoms with van der Waals surface area (Å²) < 4.78 is 2.15. The maximum atomic E-state index is 10.8. The molecule has 28 heavy (non-hydrogen) atoms. The van der Waals surface area contributed by atoms with Crippen LogP contribution in [0.5, 0.6) is 0 Å². The number of hydrogen-bond donors (Lipinski definition) is 1. The third kappa shape index (κ3) is 4.03. The number of allylic oxidation sites excluding steroid dienone is 4. The molecule has 0 bridgehead atoms. The van der Waals surface area contributed by atoms with E-state index in [1.807, 2.05) is 0 Å². The molecule has 1 heterocycles. The summed E-state index contributed by atoms with van der Waals surface area (Å²) >= 11 is 0. The quantitative estimate of drug-likeness (QED) is 0.612. The van der Waals surface area contributed by atoms with Crippen LogP contribution in [0.25, 0.3) is 10.8 Å². The molecule has 2 aromatic carbocycles. The van der Waals surface area contributed by atoms with Crippen molar-refractivity contribution in [2.24, 2.45) is 5.92 Å². The smallest absolute Gasteiger partial charge is 0.207 e. The Morgan fingerprint density at radius 2 is 1.93 bits per heavy atom. The molecule has 1 atom stereocenters. The van der Waals surface area contributed by atoms with Crippen LogP contribution in [0.4, 0.5) is 0 Å². The fourth-order valence-electron chi connectivity index (χ4n) is 3.76. The van der Waals surface area contributed by atoms with Crippen molar-refractivity contribution in [2.75, 3.05) is 0 Å². The summed E-state index contributed by atoms with van der Waals surface area (Å²) in [4.78, 5) is 10.8. The monoisotopic (exact) mass is 372 g/mol. The number of rotatable bonds is 8. The van der Waals surface area contributed by atoms with E-state index in [1.165, 1.54) is 16.3 Å². The first-order valence-corrected chi connectivity index (χ1v) is 9.73. The van der Waals surface area contributed by atoms with Crippen molar-refractivity contribution < 1.29 is 4.79 Å². The number of aromatic nitrogens is 3. The van der Waals surface area contributed by atoms with Gasteiger partial charge in [-0.05, 0) is 35.1 Å². The number of carbonyl (C=O) groups is 1. The fourth-order valence-corrected chi connectivity index (χ4v) is 3.76. The topological polar surface area (TPSA) is 59.8 Å². The number of fused-ring (bicyclic) bond motifs is 1. The Morgan fingerprint density at radius 3 is 2.79 bits per heavy atom. The second kappa shape index (κ2) is 8.65. The van der Waals surface area contributed by atoms with Gasteiger partial charge in [0, 0.05) is 6.42 Å². The number of nitrogens with one attached hydrogen (secondary N) is 1. The molecular formula is C23H24N4O. The molecule has 0 saturated carbocycles. The molecule has 0 aliphatic heterocycles. The Bertz CT molecular complexity index is 1010. The van der Waals surface area contributed by atoms with Crippen LogP contribution in [0.2, 0.25) is 0 Å². The largest absolute Gasteiger partial charge is 0.351 e. The first-order valence-electron chi connectivity index (χ1n) is 9.73. The molecule has 0 radical (unpaired) electrons. The summed E-state index contributed by atoms with van der Waals surface area (Å²) in [5.41, 5.74) is 1.23. The molecule has 142 valence electrons. The Morgan fingerprint density at radius 1 is 1.07 bits per heavy atom. The second-order valence-electron chi connectivity index (χ2n) is 7.10. The summed E-state index contributed by atoms with van der Waals surface area (Å²) in [5, 5.41) is 14.0. The fraction of sp³-hybridized carbons (Fsp3) is 0.261. The lowest BCUT2D eigenvalue weighted by Gasteiger charge is -2.15. The molecule has 1 aliphatic rings. The minimum atomic E-state index is 0.382. The summed E-state index contributed by atoms with van der Waals surface area (Å²) in [6.07, 6.45) is 12.4. The summed E-state index contributed by atoms with van der Waals surface area (Å²) in [6.45, 7) is 1.08. The van der Waals surface area contributed by atoms with Crippen LogP contribution >= 0.6 is 0 Å². The highest BCUT2D eigenvalue weighted by atomic mass is 16.1. The normalized spacial score (nSPS) is 15.8. The van der Waals surface area contributed by atoms with E-state index in [2.05, 4.69) is 86.8 Å². The molecule has 0 saturated heterocycles. The van der Waals surface area contributed by atoms with Crippen LogP contribution in [0.3, 0.4) is 0 Å². The van der Waals surface area contributed by atoms with E-state index in [0.717, 1.165) is 30.9 Å². The van der Waals surface area contributed by atoms with Gasteiger partial charge < -0.3 is 9.88 Å². The number of carbonyl (C=O) groups excluding carboxylic acids is 1. The van der Waals surface area contributed by atoms with Crippen molar-refractivity contribution in [2.45, 2.75) is 32.4 Å². The van der Waals surface area contributed by atoms with Gasteiger partial charge in [0.2, 0.25) is 6.41 Å². The Hall–Kier alpha value is -3.21. The maximum Gasteiger partial charge on any atom is 0.207 e. The number of amides is 1. The lowest BCUT2D eigenvalue weighted by molar-refractivity contribution is -0.109. The van der Waals surface area contributed by atoms with E-state index in [9.17, 15) is 4.79 Å². The minimum absolute atomic E-state index is 0.382. The molecule has 1 aromatic heterocycles. The highest BCUT2D eigenvalue weighted by Crippen LogP contribution is 2.22. The minimum Gasteiger partial charge on any atom is -0.351 e. The lowest BCUT2D eigenvalue weighted by atomic mass is 9.95. The molecule has 1 unspecified atom stereocenters. The number of benzene rings is 2. The average Bonchev–Trinajstić information content (AvgIpc) is 3.13. The van der Waals surface area contributed by atoms with E-state index in [4.69, 9.17) is 0 Å². The van der Waals surface area contributed by atoms with Crippen LogP contribution < -0.4 is 5.32 Å². The van der Waals surface area contributed by atoms with Crippen molar-refractivity contribution in [3.63, 3.8) is 0 Å². The van der Waals surface area contributed by atoms with E-state index < -0.39 is 0 Å². The van der Waals surface area contributed by atoms with Crippen molar-refractivity contribution in [1.82, 2.24) is 20.1 Å². The first kappa shape index (κ1) is 18.2. The molecular weight excluding hydrogens is 348 g/mol. The molecule has 5 nitrogen and oxygen atoms in total. The molecule has 1 amide bonds. The van der Waals surface area contributed by atoms with Gasteiger partial charge in [-0.25, -0.2) is 0 Å². The van der Waals surface area contributed by atoms with E-state index in [1.54, 1.807) is 0 Å². The molecule has 5 heteroatoms. The number of hydrogen-bond acceptors (Lipinski definition) is 3. The SMILES string of the molecule is O=CNCc1nnc(CCC2C=CC=CC2)n1Cc1cccc2ccccc12. The van der Waals surface area contributed by atoms with Crippen molar-refractivity contribution in [3.05, 3.63) is 84.0 Å². The Kier molecular flexibility index (Phi) is 5.61. The second-order valence-corrected chi connectivity index (χ2v) is 7.10. The Balaban J connectivity index is 1.61. The van der Waals surface area contributed by atoms with Gasteiger partial charge in [0.05, 0.1) is 13.1 Å². The average molecular weight is 372 g/mol. The third-order valence-corrected chi connectivity index (χ3v) is 5.26. The molecule has 0 spiro atoms. The molecule has 1 aliphatic carbocycles. The van der Waals surface area contributed by atoms with Crippen molar-refractivity contribution in [1.29, 1.82) is 0 Å². The predicted molar refractivity (Wildman–Crippen MR) is 111 cm³/mol.